The summed E-state index contributed by atoms with van der Waals surface area (Å²) in [6.45, 7) is 5.61. The molecule has 0 radical (unpaired) electrons. The molecular weight excluding hydrogens is 322 g/mol. The largest absolute Gasteiger partial charge is 0.313 e. The lowest BCUT2D eigenvalue weighted by molar-refractivity contribution is 0.447. The third kappa shape index (κ3) is 4.98. The first kappa shape index (κ1) is 16.3. The van der Waals surface area contributed by atoms with Crippen LogP contribution in [0.2, 0.25) is 0 Å². The maximum Gasteiger partial charge on any atom is 0.0175 e. The van der Waals surface area contributed by atoms with Gasteiger partial charge in [-0.3, -0.25) is 0 Å². The van der Waals surface area contributed by atoms with Crippen LogP contribution in [0.3, 0.4) is 0 Å². The molecule has 0 spiro atoms. The first-order chi connectivity index (χ1) is 10.2. The van der Waals surface area contributed by atoms with Gasteiger partial charge in [0.05, 0.1) is 0 Å². The van der Waals surface area contributed by atoms with Crippen LogP contribution in [-0.4, -0.2) is 12.6 Å². The second kappa shape index (κ2) is 8.35. The Morgan fingerprint density at radius 3 is 2.29 bits per heavy atom. The Morgan fingerprint density at radius 1 is 1.00 bits per heavy atom. The van der Waals surface area contributed by atoms with Crippen molar-refractivity contribution >= 4 is 15.9 Å². The first-order valence-corrected chi connectivity index (χ1v) is 8.52. The van der Waals surface area contributed by atoms with Gasteiger partial charge in [0.1, 0.15) is 0 Å². The molecule has 112 valence electrons. The SMILES string of the molecule is CCCNC(Cc1ccc(Br)cc1)C(C)c1ccccc1. The van der Waals surface area contributed by atoms with Crippen molar-refractivity contribution in [1.29, 1.82) is 0 Å². The molecule has 0 amide bonds. The lowest BCUT2D eigenvalue weighted by Gasteiger charge is -2.26. The molecule has 21 heavy (non-hydrogen) atoms. The fourth-order valence-corrected chi connectivity index (χ4v) is 2.88. The molecular formula is C19H24BrN. The Balaban J connectivity index is 2.11. The number of nitrogens with one attached hydrogen (secondary N) is 1. The molecule has 2 rings (SSSR count). The Kier molecular flexibility index (Phi) is 6.47. The molecule has 0 aliphatic rings. The molecule has 0 saturated heterocycles. The molecule has 2 aromatic carbocycles. The molecule has 2 aromatic rings. The topological polar surface area (TPSA) is 12.0 Å². The minimum absolute atomic E-state index is 0.466. The summed E-state index contributed by atoms with van der Waals surface area (Å²) < 4.78 is 1.14. The van der Waals surface area contributed by atoms with Gasteiger partial charge in [-0.05, 0) is 48.6 Å². The average Bonchev–Trinajstić information content (AvgIpc) is 2.53. The zero-order valence-electron chi connectivity index (χ0n) is 12.9. The van der Waals surface area contributed by atoms with Gasteiger partial charge < -0.3 is 5.32 Å². The van der Waals surface area contributed by atoms with Gasteiger partial charge in [-0.2, -0.15) is 0 Å². The van der Waals surface area contributed by atoms with E-state index in [1.54, 1.807) is 0 Å². The fourth-order valence-electron chi connectivity index (χ4n) is 2.62. The Bertz CT molecular complexity index is 521. The lowest BCUT2D eigenvalue weighted by atomic mass is 9.89. The quantitative estimate of drug-likeness (QED) is 0.730. The van der Waals surface area contributed by atoms with Crippen LogP contribution in [0.4, 0.5) is 0 Å². The van der Waals surface area contributed by atoms with E-state index in [0.717, 1.165) is 17.4 Å². The van der Waals surface area contributed by atoms with Gasteiger partial charge in [0.15, 0.2) is 0 Å². The molecule has 2 unspecified atom stereocenters. The molecule has 0 aromatic heterocycles. The van der Waals surface area contributed by atoms with E-state index >= 15 is 0 Å². The maximum absolute atomic E-state index is 3.72. The van der Waals surface area contributed by atoms with Crippen LogP contribution in [0.15, 0.2) is 59.1 Å². The summed E-state index contributed by atoms with van der Waals surface area (Å²) in [5, 5.41) is 3.72. The van der Waals surface area contributed by atoms with Crippen molar-refractivity contribution in [2.75, 3.05) is 6.54 Å². The molecule has 0 saturated carbocycles. The smallest absolute Gasteiger partial charge is 0.0175 e. The monoisotopic (exact) mass is 345 g/mol. The predicted octanol–water partition coefficient (Wildman–Crippen LogP) is 5.16. The summed E-state index contributed by atoms with van der Waals surface area (Å²) in [4.78, 5) is 0. The number of hydrogen-bond acceptors (Lipinski definition) is 1. The van der Waals surface area contributed by atoms with Gasteiger partial charge in [-0.1, -0.05) is 72.2 Å². The van der Waals surface area contributed by atoms with E-state index in [1.165, 1.54) is 17.5 Å². The van der Waals surface area contributed by atoms with Gasteiger partial charge in [-0.15, -0.1) is 0 Å². The van der Waals surface area contributed by atoms with E-state index in [2.05, 4.69) is 89.7 Å². The highest BCUT2D eigenvalue weighted by Gasteiger charge is 2.18. The van der Waals surface area contributed by atoms with E-state index in [1.807, 2.05) is 0 Å². The van der Waals surface area contributed by atoms with Crippen molar-refractivity contribution in [1.82, 2.24) is 5.32 Å². The van der Waals surface area contributed by atoms with Gasteiger partial charge in [0, 0.05) is 10.5 Å². The third-order valence-electron chi connectivity index (χ3n) is 3.95. The zero-order valence-corrected chi connectivity index (χ0v) is 14.4. The molecule has 2 heteroatoms. The van der Waals surface area contributed by atoms with Crippen molar-refractivity contribution in [2.45, 2.75) is 38.6 Å². The molecule has 0 aliphatic carbocycles. The van der Waals surface area contributed by atoms with E-state index < -0.39 is 0 Å². The zero-order chi connectivity index (χ0) is 15.1. The van der Waals surface area contributed by atoms with Crippen molar-refractivity contribution < 1.29 is 0 Å². The van der Waals surface area contributed by atoms with Gasteiger partial charge >= 0.3 is 0 Å². The number of hydrogen-bond donors (Lipinski definition) is 1. The van der Waals surface area contributed by atoms with Gasteiger partial charge in [0.25, 0.3) is 0 Å². The third-order valence-corrected chi connectivity index (χ3v) is 4.48. The Morgan fingerprint density at radius 2 is 1.67 bits per heavy atom. The molecule has 0 aliphatic heterocycles. The number of rotatable bonds is 7. The van der Waals surface area contributed by atoms with Crippen LogP contribution in [0, 0.1) is 0 Å². The lowest BCUT2D eigenvalue weighted by Crippen LogP contribution is -2.36. The summed E-state index contributed by atoms with van der Waals surface area (Å²) >= 11 is 3.50. The van der Waals surface area contributed by atoms with Gasteiger partial charge in [0.2, 0.25) is 0 Å². The van der Waals surface area contributed by atoms with Crippen LogP contribution in [0.25, 0.3) is 0 Å². The van der Waals surface area contributed by atoms with E-state index in [-0.39, 0.29) is 0 Å². The average molecular weight is 346 g/mol. The molecule has 0 bridgehead atoms. The van der Waals surface area contributed by atoms with Crippen LogP contribution < -0.4 is 5.32 Å². The van der Waals surface area contributed by atoms with E-state index in [9.17, 15) is 0 Å². The molecule has 2 atom stereocenters. The fraction of sp³-hybridized carbons (Fsp3) is 0.368. The molecule has 1 N–H and O–H groups in total. The highest BCUT2D eigenvalue weighted by atomic mass is 79.9. The normalized spacial score (nSPS) is 13.9. The summed E-state index contributed by atoms with van der Waals surface area (Å²) in [7, 11) is 0. The Labute approximate surface area is 136 Å². The first-order valence-electron chi connectivity index (χ1n) is 7.73. The standard InChI is InChI=1S/C19H24BrN/c1-3-13-21-19(14-16-9-11-18(20)12-10-16)15(2)17-7-5-4-6-8-17/h4-12,15,19,21H,3,13-14H2,1-2H3. The maximum atomic E-state index is 3.72. The highest BCUT2D eigenvalue weighted by Crippen LogP contribution is 2.22. The summed E-state index contributed by atoms with van der Waals surface area (Å²) in [6.07, 6.45) is 2.22. The minimum atomic E-state index is 0.466. The van der Waals surface area contributed by atoms with Gasteiger partial charge in [-0.25, -0.2) is 0 Å². The molecule has 0 heterocycles. The van der Waals surface area contributed by atoms with Crippen molar-refractivity contribution in [3.63, 3.8) is 0 Å². The Hall–Kier alpha value is -1.12. The molecule has 0 fully saturated rings. The summed E-state index contributed by atoms with van der Waals surface area (Å²) in [5.41, 5.74) is 2.79. The predicted molar refractivity (Wildman–Crippen MR) is 94.8 cm³/mol. The molecule has 1 nitrogen and oxygen atoms in total. The minimum Gasteiger partial charge on any atom is -0.313 e. The van der Waals surface area contributed by atoms with Crippen LogP contribution >= 0.6 is 15.9 Å². The van der Waals surface area contributed by atoms with Crippen molar-refractivity contribution in [2.24, 2.45) is 0 Å². The highest BCUT2D eigenvalue weighted by molar-refractivity contribution is 9.10. The van der Waals surface area contributed by atoms with E-state index in [0.29, 0.717) is 12.0 Å². The number of halogens is 1. The summed E-state index contributed by atoms with van der Waals surface area (Å²) in [5.74, 6) is 0.501. The van der Waals surface area contributed by atoms with Crippen molar-refractivity contribution in [3.8, 4) is 0 Å². The summed E-state index contributed by atoms with van der Waals surface area (Å²) in [6, 6.07) is 19.9. The second-order valence-electron chi connectivity index (χ2n) is 5.59. The van der Waals surface area contributed by atoms with E-state index in [4.69, 9.17) is 0 Å². The van der Waals surface area contributed by atoms with Crippen molar-refractivity contribution in [3.05, 3.63) is 70.2 Å². The second-order valence-corrected chi connectivity index (χ2v) is 6.51. The van der Waals surface area contributed by atoms with Crippen LogP contribution in [-0.2, 0) is 6.42 Å². The van der Waals surface area contributed by atoms with Crippen LogP contribution in [0.5, 0.6) is 0 Å². The van der Waals surface area contributed by atoms with Crippen LogP contribution in [0.1, 0.15) is 37.3 Å². The number of benzene rings is 2.